The molecule has 0 aliphatic carbocycles. The molecule has 3 rings (SSSR count). The molecule has 24 heavy (non-hydrogen) atoms. The van der Waals surface area contributed by atoms with Gasteiger partial charge in [0.2, 0.25) is 0 Å². The average molecular weight is 377 g/mol. The number of pyridine rings is 1. The summed E-state index contributed by atoms with van der Waals surface area (Å²) in [6.07, 6.45) is 5.39. The molecular formula is C17H17ClN2O2SSi. The van der Waals surface area contributed by atoms with Crippen molar-refractivity contribution in [3.63, 3.8) is 0 Å². The molecule has 7 heteroatoms. The third kappa shape index (κ3) is 3.22. The fourth-order valence-electron chi connectivity index (χ4n) is 2.84. The molecule has 0 radical (unpaired) electrons. The van der Waals surface area contributed by atoms with Gasteiger partial charge >= 0.3 is 0 Å². The Morgan fingerprint density at radius 2 is 1.75 bits per heavy atom. The monoisotopic (exact) mass is 376 g/mol. The highest BCUT2D eigenvalue weighted by molar-refractivity contribution is 7.90. The summed E-state index contributed by atoms with van der Waals surface area (Å²) in [6, 6.07) is 11.1. The summed E-state index contributed by atoms with van der Waals surface area (Å²) in [6.45, 7) is 1.95. The zero-order chi connectivity index (χ0) is 17.4. The lowest BCUT2D eigenvalue weighted by molar-refractivity contribution is 0.602. The number of aryl methyl sites for hydroxylation is 1. The van der Waals surface area contributed by atoms with Crippen LogP contribution in [0.4, 0.5) is 0 Å². The van der Waals surface area contributed by atoms with E-state index in [-0.39, 0.29) is 0 Å². The minimum atomic E-state index is -3.22. The molecule has 1 unspecified atom stereocenters. The Hall–Kier alpha value is -1.76. The van der Waals surface area contributed by atoms with Crippen LogP contribution in [0.1, 0.15) is 5.69 Å². The molecule has 0 saturated heterocycles. The molecule has 0 N–H and O–H groups in total. The van der Waals surface area contributed by atoms with Crippen LogP contribution < -0.4 is 10.4 Å². The van der Waals surface area contributed by atoms with E-state index in [1.807, 2.05) is 31.3 Å². The lowest BCUT2D eigenvalue weighted by Gasteiger charge is -2.30. The van der Waals surface area contributed by atoms with Crippen LogP contribution in [0.15, 0.2) is 63.2 Å². The first-order valence-electron chi connectivity index (χ1n) is 7.43. The highest BCUT2D eigenvalue weighted by atomic mass is 35.5. The number of benzene rings is 1. The maximum absolute atomic E-state index is 11.7. The van der Waals surface area contributed by atoms with Crippen LogP contribution in [0.5, 0.6) is 0 Å². The van der Waals surface area contributed by atoms with Crippen LogP contribution in [0.25, 0.3) is 0 Å². The Morgan fingerprint density at radius 3 is 2.29 bits per heavy atom. The van der Waals surface area contributed by atoms with E-state index in [1.165, 1.54) is 6.26 Å². The standard InChI is InChI=1S/C17H17ClN2O2SSi/c1-13-3-6-17(10-20-13)24(11-14(18)9-19-12-24)16-7-4-15(5-8-16)23(2,21)22/h3-11H,12H2,1-2H3. The normalized spacial score (nSPS) is 20.7. The van der Waals surface area contributed by atoms with Crippen LogP contribution in [0.2, 0.25) is 0 Å². The second kappa shape index (κ2) is 6.27. The zero-order valence-corrected chi connectivity index (χ0v) is 16.0. The number of hydrogen-bond acceptors (Lipinski definition) is 4. The molecule has 1 aliphatic heterocycles. The van der Waals surface area contributed by atoms with Crippen LogP contribution in [-0.2, 0) is 9.84 Å². The molecule has 0 fully saturated rings. The Morgan fingerprint density at radius 1 is 1.08 bits per heavy atom. The van der Waals surface area contributed by atoms with E-state index in [4.69, 9.17) is 11.6 Å². The van der Waals surface area contributed by atoms with Crippen molar-refractivity contribution in [2.75, 3.05) is 12.4 Å². The van der Waals surface area contributed by atoms with Crippen molar-refractivity contribution < 1.29 is 8.42 Å². The van der Waals surface area contributed by atoms with E-state index < -0.39 is 17.9 Å². The van der Waals surface area contributed by atoms with Gasteiger partial charge in [-0.05, 0) is 35.5 Å². The highest BCUT2D eigenvalue weighted by Crippen LogP contribution is 2.17. The first-order chi connectivity index (χ1) is 11.3. The topological polar surface area (TPSA) is 59.4 Å². The van der Waals surface area contributed by atoms with E-state index in [0.29, 0.717) is 16.1 Å². The van der Waals surface area contributed by atoms with Crippen LogP contribution in [0.3, 0.4) is 0 Å². The SMILES string of the molecule is Cc1ccc([Si]2(c3ccc(S(C)(=O)=O)cc3)C=C(Cl)C=NC2)cn1. The number of nitrogens with zero attached hydrogens (tertiary/aromatic N) is 2. The van der Waals surface area contributed by atoms with Gasteiger partial charge in [-0.15, -0.1) is 0 Å². The van der Waals surface area contributed by atoms with Crippen LogP contribution in [-0.4, -0.2) is 40.1 Å². The molecule has 1 aromatic heterocycles. The van der Waals surface area contributed by atoms with Gasteiger partial charge in [-0.1, -0.05) is 35.5 Å². The second-order valence-corrected chi connectivity index (χ2v) is 12.1. The molecule has 0 amide bonds. The molecule has 2 aromatic rings. The summed E-state index contributed by atoms with van der Waals surface area (Å²) in [5.41, 5.74) is 3.04. The molecule has 0 saturated carbocycles. The number of aromatic nitrogens is 1. The van der Waals surface area contributed by atoms with Crippen molar-refractivity contribution in [1.82, 2.24) is 4.98 Å². The van der Waals surface area contributed by atoms with Gasteiger partial charge in [-0.3, -0.25) is 9.98 Å². The molecule has 1 aliphatic rings. The fraction of sp³-hybridized carbons (Fsp3) is 0.176. The van der Waals surface area contributed by atoms with Gasteiger partial charge in [0.15, 0.2) is 17.9 Å². The minimum absolute atomic E-state index is 0.312. The Kier molecular flexibility index (Phi) is 4.46. The van der Waals surface area contributed by atoms with Gasteiger partial charge in [0, 0.05) is 30.5 Å². The van der Waals surface area contributed by atoms with Crippen molar-refractivity contribution in [2.24, 2.45) is 4.99 Å². The number of aliphatic imine (C=N–C) groups is 1. The van der Waals surface area contributed by atoms with Gasteiger partial charge in [0.1, 0.15) is 0 Å². The van der Waals surface area contributed by atoms with Crippen molar-refractivity contribution in [1.29, 1.82) is 0 Å². The highest BCUT2D eigenvalue weighted by Gasteiger charge is 2.37. The third-order valence-electron chi connectivity index (χ3n) is 4.16. The Balaban J connectivity index is 2.16. The number of allylic oxidation sites excluding steroid dienone is 1. The summed E-state index contributed by atoms with van der Waals surface area (Å²) in [5, 5.41) is 2.78. The summed E-state index contributed by atoms with van der Waals surface area (Å²) in [4.78, 5) is 9.18. The van der Waals surface area contributed by atoms with Crippen LogP contribution >= 0.6 is 11.6 Å². The van der Waals surface area contributed by atoms with E-state index >= 15 is 0 Å². The maximum Gasteiger partial charge on any atom is 0.175 e. The molecule has 0 bridgehead atoms. The molecule has 4 nitrogen and oxygen atoms in total. The lowest BCUT2D eigenvalue weighted by Crippen LogP contribution is -2.61. The first kappa shape index (κ1) is 17.1. The molecule has 1 atom stereocenters. The lowest BCUT2D eigenvalue weighted by atomic mass is 10.4. The molecule has 124 valence electrons. The van der Waals surface area contributed by atoms with Crippen molar-refractivity contribution in [3.05, 3.63) is 59.0 Å². The summed E-state index contributed by atoms with van der Waals surface area (Å²) >= 11 is 6.27. The van der Waals surface area contributed by atoms with Crippen molar-refractivity contribution in [3.8, 4) is 0 Å². The summed E-state index contributed by atoms with van der Waals surface area (Å²) in [5.74, 6) is 0. The molecular weight excluding hydrogens is 360 g/mol. The number of rotatable bonds is 3. The van der Waals surface area contributed by atoms with E-state index in [2.05, 4.69) is 21.7 Å². The number of halogens is 1. The van der Waals surface area contributed by atoms with Gasteiger partial charge in [-0.2, -0.15) is 0 Å². The second-order valence-electron chi connectivity index (χ2n) is 5.96. The predicted molar refractivity (Wildman–Crippen MR) is 101 cm³/mol. The smallest absolute Gasteiger partial charge is 0.175 e. The summed E-state index contributed by atoms with van der Waals surface area (Å²) < 4.78 is 23.4. The zero-order valence-electron chi connectivity index (χ0n) is 13.4. The van der Waals surface area contributed by atoms with Crippen LogP contribution in [0, 0.1) is 6.92 Å². The minimum Gasteiger partial charge on any atom is -0.294 e. The molecule has 0 spiro atoms. The third-order valence-corrected chi connectivity index (χ3v) is 9.86. The Labute approximate surface area is 147 Å². The van der Waals surface area contributed by atoms with Crippen molar-refractivity contribution in [2.45, 2.75) is 11.8 Å². The van der Waals surface area contributed by atoms with Gasteiger partial charge in [-0.25, -0.2) is 8.42 Å². The van der Waals surface area contributed by atoms with Gasteiger partial charge < -0.3 is 0 Å². The largest absolute Gasteiger partial charge is 0.294 e. The summed E-state index contributed by atoms with van der Waals surface area (Å²) in [7, 11) is -5.57. The number of sulfone groups is 1. The van der Waals surface area contributed by atoms with Gasteiger partial charge in [0.25, 0.3) is 0 Å². The maximum atomic E-state index is 11.7. The molecule has 1 aromatic carbocycles. The quantitative estimate of drug-likeness (QED) is 0.765. The van der Waals surface area contributed by atoms with E-state index in [9.17, 15) is 8.42 Å². The van der Waals surface area contributed by atoms with E-state index in [1.54, 1.807) is 18.3 Å². The number of hydrogen-bond donors (Lipinski definition) is 0. The fourth-order valence-corrected chi connectivity index (χ4v) is 7.59. The molecule has 2 heterocycles. The van der Waals surface area contributed by atoms with E-state index in [0.717, 1.165) is 16.1 Å². The first-order valence-corrected chi connectivity index (χ1v) is 12.0. The Bertz CT molecular complexity index is 922. The van der Waals surface area contributed by atoms with Crippen molar-refractivity contribution >= 4 is 46.1 Å². The average Bonchev–Trinajstić information content (AvgIpc) is 2.54. The van der Waals surface area contributed by atoms with Gasteiger partial charge in [0.05, 0.1) is 9.93 Å². The predicted octanol–water partition coefficient (Wildman–Crippen LogP) is 1.64.